The largest absolute Gasteiger partial charge is 0.330 e. The van der Waals surface area contributed by atoms with E-state index in [-0.39, 0.29) is 0 Å². The number of hydrogen-bond acceptors (Lipinski definition) is 1. The normalized spacial score (nSPS) is 18.9. The van der Waals surface area contributed by atoms with Crippen molar-refractivity contribution in [3.63, 3.8) is 0 Å². The maximum absolute atomic E-state index is 5.65. The number of rotatable bonds is 8. The zero-order chi connectivity index (χ0) is 12.8. The third-order valence-electron chi connectivity index (χ3n) is 3.78. The van der Waals surface area contributed by atoms with Crippen LogP contribution < -0.4 is 5.73 Å². The molecule has 0 fully saturated rings. The molecule has 0 aromatic rings. The van der Waals surface area contributed by atoms with Crippen LogP contribution in [0.25, 0.3) is 0 Å². The number of nitrogens with two attached hydrogens (primary N) is 1. The summed E-state index contributed by atoms with van der Waals surface area (Å²) in [6.45, 7) is 14.1. The van der Waals surface area contributed by atoms with Crippen molar-refractivity contribution in [1.29, 1.82) is 0 Å². The van der Waals surface area contributed by atoms with Gasteiger partial charge in [0.25, 0.3) is 0 Å². The summed E-state index contributed by atoms with van der Waals surface area (Å²) in [5.41, 5.74) is 7.36. The summed E-state index contributed by atoms with van der Waals surface area (Å²) in [5.74, 6) is 0.678. The van der Waals surface area contributed by atoms with E-state index in [2.05, 4.69) is 56.9 Å². The molecular formula is C14H28IN. The summed E-state index contributed by atoms with van der Waals surface area (Å²) < 4.78 is 0.576. The Bertz CT molecular complexity index is 215. The zero-order valence-corrected chi connectivity index (χ0v) is 13.5. The van der Waals surface area contributed by atoms with Gasteiger partial charge in [-0.15, -0.1) is 0 Å². The standard InChI is InChI=1S/C14H28IN/c1-6-8-14(5,9-7-10-16)12(4)13(15)11(2)3/h12-13H,2,6-10,16H2,1,3-5H3. The van der Waals surface area contributed by atoms with E-state index in [1.165, 1.54) is 24.8 Å². The van der Waals surface area contributed by atoms with Gasteiger partial charge in [-0.3, -0.25) is 0 Å². The monoisotopic (exact) mass is 337 g/mol. The molecule has 0 bridgehead atoms. The minimum absolute atomic E-state index is 0.416. The predicted octanol–water partition coefficient (Wildman–Crippen LogP) is 4.55. The van der Waals surface area contributed by atoms with Gasteiger partial charge in [-0.2, -0.15) is 0 Å². The lowest BCUT2D eigenvalue weighted by Gasteiger charge is -2.39. The number of alkyl halides is 1. The van der Waals surface area contributed by atoms with Crippen LogP contribution >= 0.6 is 22.6 Å². The Morgan fingerprint density at radius 3 is 2.38 bits per heavy atom. The topological polar surface area (TPSA) is 26.0 Å². The molecule has 1 nitrogen and oxygen atoms in total. The number of halogens is 1. The molecule has 0 heterocycles. The first-order valence-corrected chi connectivity index (χ1v) is 7.63. The smallest absolute Gasteiger partial charge is 0.0344 e. The quantitative estimate of drug-likeness (QED) is 0.393. The highest BCUT2D eigenvalue weighted by Crippen LogP contribution is 2.42. The van der Waals surface area contributed by atoms with Crippen LogP contribution in [0.5, 0.6) is 0 Å². The van der Waals surface area contributed by atoms with E-state index in [4.69, 9.17) is 5.73 Å². The Morgan fingerprint density at radius 1 is 1.44 bits per heavy atom. The van der Waals surface area contributed by atoms with Crippen molar-refractivity contribution >= 4 is 22.6 Å². The molecule has 2 N–H and O–H groups in total. The molecule has 2 heteroatoms. The average Bonchev–Trinajstić information content (AvgIpc) is 2.24. The van der Waals surface area contributed by atoms with Crippen LogP contribution in [0.15, 0.2) is 12.2 Å². The minimum atomic E-state index is 0.416. The van der Waals surface area contributed by atoms with Crippen LogP contribution in [-0.4, -0.2) is 10.5 Å². The van der Waals surface area contributed by atoms with Crippen molar-refractivity contribution < 1.29 is 0 Å². The predicted molar refractivity (Wildman–Crippen MR) is 83.1 cm³/mol. The van der Waals surface area contributed by atoms with Crippen molar-refractivity contribution in [2.24, 2.45) is 17.1 Å². The van der Waals surface area contributed by atoms with Gasteiger partial charge in [-0.1, -0.05) is 61.9 Å². The van der Waals surface area contributed by atoms with Crippen molar-refractivity contribution in [3.8, 4) is 0 Å². The molecule has 0 amide bonds. The molecule has 0 aliphatic heterocycles. The molecule has 0 spiro atoms. The highest BCUT2D eigenvalue weighted by atomic mass is 127. The van der Waals surface area contributed by atoms with Crippen LogP contribution in [-0.2, 0) is 0 Å². The fraction of sp³-hybridized carbons (Fsp3) is 0.857. The van der Waals surface area contributed by atoms with Gasteiger partial charge >= 0.3 is 0 Å². The molecule has 0 saturated heterocycles. The summed E-state index contributed by atoms with van der Waals surface area (Å²) in [7, 11) is 0. The third-order valence-corrected chi connectivity index (χ3v) is 5.92. The SMILES string of the molecule is C=C(C)C(I)C(C)C(C)(CCC)CCCN. The first kappa shape index (κ1) is 16.4. The Kier molecular flexibility index (Phi) is 7.90. The van der Waals surface area contributed by atoms with Crippen LogP contribution in [0.1, 0.15) is 53.4 Å². The van der Waals surface area contributed by atoms with E-state index in [9.17, 15) is 0 Å². The van der Waals surface area contributed by atoms with Gasteiger partial charge in [0.15, 0.2) is 0 Å². The van der Waals surface area contributed by atoms with Gasteiger partial charge in [0, 0.05) is 3.92 Å². The second-order valence-corrected chi connectivity index (χ2v) is 6.68. The maximum Gasteiger partial charge on any atom is 0.0344 e. The Morgan fingerprint density at radius 2 is 2.00 bits per heavy atom. The highest BCUT2D eigenvalue weighted by Gasteiger charge is 2.33. The first-order chi connectivity index (χ1) is 7.39. The maximum atomic E-state index is 5.65. The molecule has 0 radical (unpaired) electrons. The fourth-order valence-corrected chi connectivity index (χ4v) is 3.31. The molecule has 0 saturated carbocycles. The summed E-state index contributed by atoms with van der Waals surface area (Å²) in [4.78, 5) is 0. The van der Waals surface area contributed by atoms with Crippen LogP contribution in [0, 0.1) is 11.3 Å². The summed E-state index contributed by atoms with van der Waals surface area (Å²) in [6, 6.07) is 0. The zero-order valence-electron chi connectivity index (χ0n) is 11.4. The van der Waals surface area contributed by atoms with Crippen molar-refractivity contribution in [1.82, 2.24) is 0 Å². The average molecular weight is 337 g/mol. The molecule has 3 atom stereocenters. The van der Waals surface area contributed by atoms with Gasteiger partial charge < -0.3 is 5.73 Å². The highest BCUT2D eigenvalue weighted by molar-refractivity contribution is 14.1. The lowest BCUT2D eigenvalue weighted by atomic mass is 9.69. The Hall–Kier alpha value is 0.430. The minimum Gasteiger partial charge on any atom is -0.330 e. The molecule has 0 rings (SSSR count). The fourth-order valence-electron chi connectivity index (χ4n) is 2.44. The van der Waals surface area contributed by atoms with Gasteiger partial charge in [-0.25, -0.2) is 0 Å². The molecule has 3 unspecified atom stereocenters. The van der Waals surface area contributed by atoms with E-state index in [1.807, 2.05) is 0 Å². The molecule has 16 heavy (non-hydrogen) atoms. The van der Waals surface area contributed by atoms with Crippen LogP contribution in [0.2, 0.25) is 0 Å². The van der Waals surface area contributed by atoms with E-state index < -0.39 is 0 Å². The van der Waals surface area contributed by atoms with Gasteiger partial charge in [0.05, 0.1) is 0 Å². The molecule has 0 aromatic carbocycles. The number of allylic oxidation sites excluding steroid dienone is 1. The molecule has 0 aliphatic rings. The number of hydrogen-bond donors (Lipinski definition) is 1. The third kappa shape index (κ3) is 4.74. The van der Waals surface area contributed by atoms with Crippen molar-refractivity contribution in [2.75, 3.05) is 6.54 Å². The molecule has 0 aromatic heterocycles. The Balaban J connectivity index is 4.66. The lowest BCUT2D eigenvalue weighted by Crippen LogP contribution is -2.32. The van der Waals surface area contributed by atoms with Crippen LogP contribution in [0.3, 0.4) is 0 Å². The molecule has 96 valence electrons. The van der Waals surface area contributed by atoms with Gasteiger partial charge in [-0.05, 0) is 44.1 Å². The van der Waals surface area contributed by atoms with Crippen molar-refractivity contribution in [3.05, 3.63) is 12.2 Å². The second kappa shape index (κ2) is 7.70. The molecule has 0 aliphatic carbocycles. The lowest BCUT2D eigenvalue weighted by molar-refractivity contribution is 0.168. The van der Waals surface area contributed by atoms with E-state index in [0.29, 0.717) is 15.3 Å². The van der Waals surface area contributed by atoms with Gasteiger partial charge in [0.1, 0.15) is 0 Å². The summed E-state index contributed by atoms with van der Waals surface area (Å²) in [5, 5.41) is 0. The first-order valence-electron chi connectivity index (χ1n) is 6.38. The van der Waals surface area contributed by atoms with Crippen LogP contribution in [0.4, 0.5) is 0 Å². The van der Waals surface area contributed by atoms with Crippen molar-refractivity contribution in [2.45, 2.75) is 57.3 Å². The van der Waals surface area contributed by atoms with E-state index >= 15 is 0 Å². The second-order valence-electron chi connectivity index (χ2n) is 5.33. The van der Waals surface area contributed by atoms with E-state index in [1.54, 1.807) is 0 Å². The van der Waals surface area contributed by atoms with Gasteiger partial charge in [0.2, 0.25) is 0 Å². The summed E-state index contributed by atoms with van der Waals surface area (Å²) in [6.07, 6.45) is 4.93. The van der Waals surface area contributed by atoms with E-state index in [0.717, 1.165) is 13.0 Å². The molecular weight excluding hydrogens is 309 g/mol. The summed E-state index contributed by atoms with van der Waals surface area (Å²) >= 11 is 2.54. The Labute approximate surface area is 115 Å².